The molecule has 0 bridgehead atoms. The summed E-state index contributed by atoms with van der Waals surface area (Å²) in [7, 11) is 0. The molecule has 0 unspecified atom stereocenters. The SMILES string of the molecule is C=CCSc1ccccc1NC1COC1. The summed E-state index contributed by atoms with van der Waals surface area (Å²) in [4.78, 5) is 1.28. The molecule has 1 aromatic carbocycles. The van der Waals surface area contributed by atoms with Crippen LogP contribution in [-0.4, -0.2) is 25.0 Å². The van der Waals surface area contributed by atoms with Crippen LogP contribution in [0.5, 0.6) is 0 Å². The lowest BCUT2D eigenvalue weighted by molar-refractivity contribution is 0.0210. The van der Waals surface area contributed by atoms with Gasteiger partial charge in [0, 0.05) is 16.3 Å². The first-order valence-corrected chi connectivity index (χ1v) is 6.05. The average molecular weight is 221 g/mol. The molecule has 2 rings (SSSR count). The van der Waals surface area contributed by atoms with E-state index in [1.165, 1.54) is 10.6 Å². The predicted molar refractivity (Wildman–Crippen MR) is 65.6 cm³/mol. The van der Waals surface area contributed by atoms with E-state index in [1.807, 2.05) is 6.08 Å². The topological polar surface area (TPSA) is 21.3 Å². The van der Waals surface area contributed by atoms with Crippen molar-refractivity contribution >= 4 is 17.4 Å². The molecule has 3 heteroatoms. The van der Waals surface area contributed by atoms with Gasteiger partial charge in [0.2, 0.25) is 0 Å². The molecule has 1 aliphatic rings. The Balaban J connectivity index is 2.02. The molecule has 0 aliphatic carbocycles. The Hall–Kier alpha value is -0.930. The summed E-state index contributed by atoms with van der Waals surface area (Å²) in [5.41, 5.74) is 1.21. The number of hydrogen-bond acceptors (Lipinski definition) is 3. The van der Waals surface area contributed by atoms with Gasteiger partial charge in [0.1, 0.15) is 0 Å². The second-order valence-corrected chi connectivity index (χ2v) is 4.54. The summed E-state index contributed by atoms with van der Waals surface area (Å²) in [6, 6.07) is 8.85. The largest absolute Gasteiger partial charge is 0.377 e. The minimum atomic E-state index is 0.482. The van der Waals surface area contributed by atoms with Crippen LogP contribution in [0.15, 0.2) is 41.8 Å². The van der Waals surface area contributed by atoms with Crippen molar-refractivity contribution in [3.8, 4) is 0 Å². The van der Waals surface area contributed by atoms with Crippen molar-refractivity contribution in [2.75, 3.05) is 24.3 Å². The summed E-state index contributed by atoms with van der Waals surface area (Å²) in [6.07, 6.45) is 1.92. The number of hydrogen-bond donors (Lipinski definition) is 1. The van der Waals surface area contributed by atoms with Crippen LogP contribution >= 0.6 is 11.8 Å². The van der Waals surface area contributed by atoms with Gasteiger partial charge in [0.15, 0.2) is 0 Å². The number of nitrogens with one attached hydrogen (secondary N) is 1. The van der Waals surface area contributed by atoms with Gasteiger partial charge < -0.3 is 10.1 Å². The van der Waals surface area contributed by atoms with Crippen molar-refractivity contribution in [2.45, 2.75) is 10.9 Å². The summed E-state index contributed by atoms with van der Waals surface area (Å²) in [6.45, 7) is 5.37. The Morgan fingerprint density at radius 2 is 2.27 bits per heavy atom. The van der Waals surface area contributed by atoms with E-state index >= 15 is 0 Å². The van der Waals surface area contributed by atoms with E-state index in [0.29, 0.717) is 6.04 Å². The van der Waals surface area contributed by atoms with E-state index in [1.54, 1.807) is 11.8 Å². The Morgan fingerprint density at radius 1 is 1.47 bits per heavy atom. The zero-order chi connectivity index (χ0) is 10.5. The fourth-order valence-electron chi connectivity index (χ4n) is 1.40. The molecule has 0 spiro atoms. The highest BCUT2D eigenvalue weighted by atomic mass is 32.2. The zero-order valence-corrected chi connectivity index (χ0v) is 9.43. The van der Waals surface area contributed by atoms with E-state index in [0.717, 1.165) is 19.0 Å². The molecule has 2 nitrogen and oxygen atoms in total. The van der Waals surface area contributed by atoms with E-state index in [-0.39, 0.29) is 0 Å². The molecule has 1 N–H and O–H groups in total. The third-order valence-corrected chi connectivity index (χ3v) is 3.31. The van der Waals surface area contributed by atoms with Crippen molar-refractivity contribution in [1.29, 1.82) is 0 Å². The average Bonchev–Trinajstić information content (AvgIpc) is 2.22. The van der Waals surface area contributed by atoms with Gasteiger partial charge in [0.05, 0.1) is 19.3 Å². The van der Waals surface area contributed by atoms with E-state index in [4.69, 9.17) is 4.74 Å². The maximum Gasteiger partial charge on any atom is 0.0729 e. The molecule has 80 valence electrons. The maximum absolute atomic E-state index is 5.14. The number of rotatable bonds is 5. The monoisotopic (exact) mass is 221 g/mol. The van der Waals surface area contributed by atoms with Crippen molar-refractivity contribution in [1.82, 2.24) is 0 Å². The Bertz CT molecular complexity index is 336. The van der Waals surface area contributed by atoms with Crippen LogP contribution in [0.3, 0.4) is 0 Å². The Labute approximate surface area is 94.7 Å². The lowest BCUT2D eigenvalue weighted by atomic mass is 10.2. The second kappa shape index (κ2) is 5.24. The normalized spacial score (nSPS) is 15.7. The van der Waals surface area contributed by atoms with Crippen LogP contribution in [0.25, 0.3) is 0 Å². The number of para-hydroxylation sites is 1. The van der Waals surface area contributed by atoms with Crippen LogP contribution in [0.4, 0.5) is 5.69 Å². The van der Waals surface area contributed by atoms with Crippen LogP contribution in [0.1, 0.15) is 0 Å². The molecular weight excluding hydrogens is 206 g/mol. The number of benzene rings is 1. The Morgan fingerprint density at radius 3 is 2.93 bits per heavy atom. The van der Waals surface area contributed by atoms with E-state index in [2.05, 4.69) is 36.2 Å². The molecule has 0 aromatic heterocycles. The smallest absolute Gasteiger partial charge is 0.0729 e. The first-order valence-electron chi connectivity index (χ1n) is 5.07. The maximum atomic E-state index is 5.14. The van der Waals surface area contributed by atoms with Crippen molar-refractivity contribution in [2.24, 2.45) is 0 Å². The number of ether oxygens (including phenoxy) is 1. The summed E-state index contributed by atoms with van der Waals surface area (Å²) in [5, 5.41) is 3.48. The van der Waals surface area contributed by atoms with Crippen LogP contribution in [0, 0.1) is 0 Å². The van der Waals surface area contributed by atoms with Gasteiger partial charge in [-0.05, 0) is 12.1 Å². The van der Waals surface area contributed by atoms with Gasteiger partial charge in [-0.1, -0.05) is 18.2 Å². The number of thioether (sulfide) groups is 1. The summed E-state index contributed by atoms with van der Waals surface area (Å²) in [5.74, 6) is 0.944. The molecule has 1 aromatic rings. The molecule has 1 fully saturated rings. The molecule has 0 atom stereocenters. The fourth-order valence-corrected chi connectivity index (χ4v) is 2.15. The van der Waals surface area contributed by atoms with Crippen LogP contribution < -0.4 is 5.32 Å². The molecule has 15 heavy (non-hydrogen) atoms. The lowest BCUT2D eigenvalue weighted by Crippen LogP contribution is -2.40. The Kier molecular flexibility index (Phi) is 3.69. The predicted octanol–water partition coefficient (Wildman–Crippen LogP) is 2.78. The number of anilines is 1. The lowest BCUT2D eigenvalue weighted by Gasteiger charge is -2.28. The second-order valence-electron chi connectivity index (χ2n) is 3.47. The summed E-state index contributed by atoms with van der Waals surface area (Å²) >= 11 is 1.80. The molecular formula is C12H15NOS. The van der Waals surface area contributed by atoms with E-state index in [9.17, 15) is 0 Å². The molecule has 0 saturated carbocycles. The van der Waals surface area contributed by atoms with Gasteiger partial charge >= 0.3 is 0 Å². The molecule has 0 radical (unpaired) electrons. The van der Waals surface area contributed by atoms with Crippen LogP contribution in [-0.2, 0) is 4.74 Å². The van der Waals surface area contributed by atoms with E-state index < -0.39 is 0 Å². The van der Waals surface area contributed by atoms with Gasteiger partial charge in [-0.3, -0.25) is 0 Å². The zero-order valence-electron chi connectivity index (χ0n) is 8.61. The van der Waals surface area contributed by atoms with Gasteiger partial charge in [-0.2, -0.15) is 0 Å². The standard InChI is InChI=1S/C12H15NOS/c1-2-7-15-12-6-4-3-5-11(12)13-10-8-14-9-10/h2-6,10,13H,1,7-9H2. The fraction of sp³-hybridized carbons (Fsp3) is 0.333. The molecule has 1 saturated heterocycles. The first-order chi connectivity index (χ1) is 7.40. The highest BCUT2D eigenvalue weighted by Gasteiger charge is 2.18. The quantitative estimate of drug-likeness (QED) is 0.610. The molecule has 1 heterocycles. The minimum absolute atomic E-state index is 0.482. The first kappa shape index (κ1) is 10.6. The minimum Gasteiger partial charge on any atom is -0.377 e. The van der Waals surface area contributed by atoms with Crippen molar-refractivity contribution in [3.63, 3.8) is 0 Å². The summed E-state index contributed by atoms with van der Waals surface area (Å²) < 4.78 is 5.14. The van der Waals surface area contributed by atoms with Crippen LogP contribution in [0.2, 0.25) is 0 Å². The molecule has 0 amide bonds. The van der Waals surface area contributed by atoms with Crippen molar-refractivity contribution < 1.29 is 4.74 Å². The highest BCUT2D eigenvalue weighted by molar-refractivity contribution is 7.99. The third kappa shape index (κ3) is 2.76. The van der Waals surface area contributed by atoms with Gasteiger partial charge in [0.25, 0.3) is 0 Å². The van der Waals surface area contributed by atoms with Gasteiger partial charge in [-0.15, -0.1) is 18.3 Å². The van der Waals surface area contributed by atoms with Gasteiger partial charge in [-0.25, -0.2) is 0 Å². The third-order valence-electron chi connectivity index (χ3n) is 2.24. The molecule has 1 aliphatic heterocycles. The highest BCUT2D eigenvalue weighted by Crippen LogP contribution is 2.28. The van der Waals surface area contributed by atoms with Crippen molar-refractivity contribution in [3.05, 3.63) is 36.9 Å².